The van der Waals surface area contributed by atoms with Crippen molar-refractivity contribution in [3.8, 4) is 0 Å². The van der Waals surface area contributed by atoms with Crippen LogP contribution in [0.5, 0.6) is 0 Å². The van der Waals surface area contributed by atoms with Crippen molar-refractivity contribution < 1.29 is 14.7 Å². The summed E-state index contributed by atoms with van der Waals surface area (Å²) in [5.74, 6) is -1.81. The molecular formula is C7H11NO3. The predicted octanol–water partition coefficient (Wildman–Crippen LogP) is -0.0143. The van der Waals surface area contributed by atoms with E-state index in [0.29, 0.717) is 5.92 Å². The van der Waals surface area contributed by atoms with Crippen LogP contribution in [0.25, 0.3) is 0 Å². The molecule has 4 heteroatoms. The molecule has 1 fully saturated rings. The Balaban J connectivity index is 2.28. The summed E-state index contributed by atoms with van der Waals surface area (Å²) >= 11 is 0. The topological polar surface area (TPSA) is 66.4 Å². The van der Waals surface area contributed by atoms with Gasteiger partial charge < -0.3 is 10.4 Å². The number of carboxylic acid groups (broad SMARTS) is 1. The lowest BCUT2D eigenvalue weighted by molar-refractivity contribution is -0.150. The molecule has 4 nitrogen and oxygen atoms in total. The highest BCUT2D eigenvalue weighted by Crippen LogP contribution is 2.32. The smallest absolute Gasteiger partial charge is 0.394 e. The van der Waals surface area contributed by atoms with E-state index in [-0.39, 0.29) is 6.04 Å². The number of carboxylic acids is 1. The van der Waals surface area contributed by atoms with Gasteiger partial charge in [0.1, 0.15) is 0 Å². The van der Waals surface area contributed by atoms with Crippen LogP contribution in [0.3, 0.4) is 0 Å². The van der Waals surface area contributed by atoms with E-state index in [1.807, 2.05) is 6.92 Å². The first kappa shape index (κ1) is 8.04. The lowest BCUT2D eigenvalue weighted by Crippen LogP contribution is -2.38. The lowest BCUT2D eigenvalue weighted by atomic mass is 10.2. The highest BCUT2D eigenvalue weighted by Gasteiger charge is 2.29. The number of rotatable bonds is 2. The molecule has 2 N–H and O–H groups in total. The molecule has 1 saturated carbocycles. The van der Waals surface area contributed by atoms with Crippen molar-refractivity contribution >= 4 is 11.9 Å². The Labute approximate surface area is 64.6 Å². The van der Waals surface area contributed by atoms with Gasteiger partial charge in [0, 0.05) is 6.04 Å². The summed E-state index contributed by atoms with van der Waals surface area (Å²) in [6.07, 6.45) is 2.20. The van der Waals surface area contributed by atoms with Crippen LogP contribution in [0.2, 0.25) is 0 Å². The number of carbonyl (C=O) groups is 2. The number of carbonyl (C=O) groups excluding carboxylic acids is 1. The van der Waals surface area contributed by atoms with Gasteiger partial charge in [-0.25, -0.2) is 4.79 Å². The number of hydrogen-bond acceptors (Lipinski definition) is 2. The molecule has 0 aliphatic heterocycles. The molecule has 0 aromatic heterocycles. The first-order valence-corrected chi connectivity index (χ1v) is 3.65. The molecule has 1 unspecified atom stereocenters. The van der Waals surface area contributed by atoms with Crippen LogP contribution in [0.4, 0.5) is 0 Å². The first-order chi connectivity index (χ1) is 5.11. The fraction of sp³-hybridized carbons (Fsp3) is 0.714. The van der Waals surface area contributed by atoms with E-state index in [0.717, 1.165) is 12.8 Å². The number of aliphatic carboxylic acids is 1. The number of amides is 1. The fourth-order valence-electron chi connectivity index (χ4n) is 0.983. The van der Waals surface area contributed by atoms with Crippen molar-refractivity contribution in [1.29, 1.82) is 0 Å². The van der Waals surface area contributed by atoms with Gasteiger partial charge in [0.05, 0.1) is 0 Å². The van der Waals surface area contributed by atoms with E-state index < -0.39 is 11.9 Å². The summed E-state index contributed by atoms with van der Waals surface area (Å²) in [5, 5.41) is 10.6. The molecular weight excluding hydrogens is 146 g/mol. The summed E-state index contributed by atoms with van der Waals surface area (Å²) in [6.45, 7) is 1.83. The average Bonchev–Trinajstić information content (AvgIpc) is 2.67. The quantitative estimate of drug-likeness (QED) is 0.554. The third-order valence-corrected chi connectivity index (χ3v) is 1.88. The SMILES string of the molecule is CC(NC(=O)C(=O)O)C1CC1. The van der Waals surface area contributed by atoms with Gasteiger partial charge in [-0.3, -0.25) is 4.79 Å². The van der Waals surface area contributed by atoms with Crippen LogP contribution in [0.15, 0.2) is 0 Å². The molecule has 0 aromatic rings. The highest BCUT2D eigenvalue weighted by atomic mass is 16.4. The van der Waals surface area contributed by atoms with Crippen molar-refractivity contribution in [1.82, 2.24) is 5.32 Å². The Bertz CT molecular complexity index is 186. The number of hydrogen-bond donors (Lipinski definition) is 2. The minimum atomic E-state index is -1.41. The summed E-state index contributed by atoms with van der Waals surface area (Å²) in [5.41, 5.74) is 0. The largest absolute Gasteiger partial charge is 0.474 e. The van der Waals surface area contributed by atoms with Gasteiger partial charge >= 0.3 is 11.9 Å². The molecule has 1 aliphatic rings. The molecule has 1 atom stereocenters. The standard InChI is InChI=1S/C7H11NO3/c1-4(5-2-3-5)8-6(9)7(10)11/h4-5H,2-3H2,1H3,(H,8,9)(H,10,11). The fourth-order valence-corrected chi connectivity index (χ4v) is 0.983. The van der Waals surface area contributed by atoms with E-state index in [2.05, 4.69) is 5.32 Å². The molecule has 1 amide bonds. The van der Waals surface area contributed by atoms with E-state index in [9.17, 15) is 9.59 Å². The van der Waals surface area contributed by atoms with Gasteiger partial charge in [0.15, 0.2) is 0 Å². The van der Waals surface area contributed by atoms with Gasteiger partial charge in [-0.1, -0.05) is 0 Å². The second kappa shape index (κ2) is 2.90. The van der Waals surface area contributed by atoms with Crippen LogP contribution in [0.1, 0.15) is 19.8 Å². The van der Waals surface area contributed by atoms with Crippen molar-refractivity contribution in [2.75, 3.05) is 0 Å². The molecule has 0 heterocycles. The van der Waals surface area contributed by atoms with Gasteiger partial charge in [0.25, 0.3) is 0 Å². The van der Waals surface area contributed by atoms with E-state index in [1.165, 1.54) is 0 Å². The van der Waals surface area contributed by atoms with Crippen molar-refractivity contribution in [2.45, 2.75) is 25.8 Å². The minimum absolute atomic E-state index is 0.0126. The summed E-state index contributed by atoms with van der Waals surface area (Å²) in [7, 11) is 0. The van der Waals surface area contributed by atoms with Crippen LogP contribution < -0.4 is 5.32 Å². The summed E-state index contributed by atoms with van der Waals surface area (Å²) in [4.78, 5) is 20.6. The van der Waals surface area contributed by atoms with Crippen LogP contribution >= 0.6 is 0 Å². The Kier molecular flexibility index (Phi) is 2.12. The zero-order valence-corrected chi connectivity index (χ0v) is 6.33. The predicted molar refractivity (Wildman–Crippen MR) is 38.0 cm³/mol. The summed E-state index contributed by atoms with van der Waals surface area (Å²) < 4.78 is 0. The molecule has 0 saturated heterocycles. The zero-order valence-electron chi connectivity index (χ0n) is 6.33. The molecule has 0 bridgehead atoms. The van der Waals surface area contributed by atoms with Gasteiger partial charge in [-0.15, -0.1) is 0 Å². The molecule has 0 spiro atoms. The van der Waals surface area contributed by atoms with Gasteiger partial charge in [-0.05, 0) is 25.7 Å². The van der Waals surface area contributed by atoms with Crippen molar-refractivity contribution in [3.05, 3.63) is 0 Å². The lowest BCUT2D eigenvalue weighted by Gasteiger charge is -2.09. The summed E-state index contributed by atoms with van der Waals surface area (Å²) in [6, 6.07) is 0.0126. The maximum absolute atomic E-state index is 10.6. The molecule has 11 heavy (non-hydrogen) atoms. The third kappa shape index (κ3) is 2.22. The Morgan fingerprint density at radius 3 is 2.45 bits per heavy atom. The van der Waals surface area contributed by atoms with Crippen molar-refractivity contribution in [3.63, 3.8) is 0 Å². The molecule has 0 aromatic carbocycles. The minimum Gasteiger partial charge on any atom is -0.474 e. The Morgan fingerprint density at radius 1 is 1.55 bits per heavy atom. The third-order valence-electron chi connectivity index (χ3n) is 1.88. The second-order valence-corrected chi connectivity index (χ2v) is 2.90. The monoisotopic (exact) mass is 157 g/mol. The first-order valence-electron chi connectivity index (χ1n) is 3.65. The van der Waals surface area contributed by atoms with Crippen LogP contribution in [0, 0.1) is 5.92 Å². The second-order valence-electron chi connectivity index (χ2n) is 2.90. The maximum atomic E-state index is 10.6. The van der Waals surface area contributed by atoms with Crippen LogP contribution in [-0.2, 0) is 9.59 Å². The molecule has 1 rings (SSSR count). The Morgan fingerprint density at radius 2 is 2.09 bits per heavy atom. The highest BCUT2D eigenvalue weighted by molar-refractivity contribution is 6.31. The van der Waals surface area contributed by atoms with E-state index in [4.69, 9.17) is 5.11 Å². The van der Waals surface area contributed by atoms with Gasteiger partial charge in [0.2, 0.25) is 0 Å². The molecule has 0 radical (unpaired) electrons. The average molecular weight is 157 g/mol. The maximum Gasteiger partial charge on any atom is 0.394 e. The van der Waals surface area contributed by atoms with Gasteiger partial charge in [-0.2, -0.15) is 0 Å². The Hall–Kier alpha value is -1.06. The molecule has 1 aliphatic carbocycles. The van der Waals surface area contributed by atoms with E-state index in [1.54, 1.807) is 0 Å². The molecule has 62 valence electrons. The van der Waals surface area contributed by atoms with E-state index >= 15 is 0 Å². The normalized spacial score (nSPS) is 19.0. The zero-order chi connectivity index (χ0) is 8.43. The number of nitrogens with one attached hydrogen (secondary N) is 1. The van der Waals surface area contributed by atoms with Crippen LogP contribution in [-0.4, -0.2) is 23.0 Å². The van der Waals surface area contributed by atoms with Crippen molar-refractivity contribution in [2.24, 2.45) is 5.92 Å².